The second kappa shape index (κ2) is 5.00. The molecular weight excluding hydrogens is 282 g/mol. The molecule has 0 aliphatic carbocycles. The van der Waals surface area contributed by atoms with Gasteiger partial charge in [-0.15, -0.1) is 0 Å². The van der Waals surface area contributed by atoms with Crippen LogP contribution in [-0.2, 0) is 0 Å². The summed E-state index contributed by atoms with van der Waals surface area (Å²) in [5.74, 6) is 0.618. The van der Waals surface area contributed by atoms with Crippen LogP contribution in [0.2, 0.25) is 15.1 Å². The second-order valence-corrected chi connectivity index (χ2v) is 4.48. The lowest BCUT2D eigenvalue weighted by molar-refractivity contribution is 0.464. The maximum atomic E-state index is 5.95. The Morgan fingerprint density at radius 2 is 1.82 bits per heavy atom. The molecule has 1 aromatic carbocycles. The Morgan fingerprint density at radius 3 is 2.53 bits per heavy atom. The van der Waals surface area contributed by atoms with Gasteiger partial charge in [0, 0.05) is 18.0 Å². The molecule has 0 amide bonds. The predicted octanol–water partition coefficient (Wildman–Crippen LogP) is 4.42. The lowest BCUT2D eigenvalue weighted by atomic mass is 10.3. The number of halogens is 3. The molecule has 2 N–H and O–H groups in total. The van der Waals surface area contributed by atoms with Gasteiger partial charge in [0.05, 0.1) is 10.0 Å². The Kier molecular flexibility index (Phi) is 3.62. The van der Waals surface area contributed by atoms with Gasteiger partial charge in [0.15, 0.2) is 0 Å². The van der Waals surface area contributed by atoms with E-state index in [9.17, 15) is 0 Å². The van der Waals surface area contributed by atoms with Crippen LogP contribution in [0.25, 0.3) is 0 Å². The number of benzene rings is 1. The summed E-state index contributed by atoms with van der Waals surface area (Å²) in [5.41, 5.74) is 6.17. The number of aromatic nitrogens is 1. The zero-order chi connectivity index (χ0) is 12.4. The van der Waals surface area contributed by atoms with E-state index in [-0.39, 0.29) is 5.88 Å². The van der Waals surface area contributed by atoms with Crippen LogP contribution in [0.1, 0.15) is 0 Å². The van der Waals surface area contributed by atoms with Crippen LogP contribution in [0.5, 0.6) is 11.6 Å². The first-order valence-electron chi connectivity index (χ1n) is 4.60. The summed E-state index contributed by atoms with van der Waals surface area (Å²) < 4.78 is 5.46. The van der Waals surface area contributed by atoms with Gasteiger partial charge in [-0.2, -0.15) is 0 Å². The number of nitrogen functional groups attached to an aromatic ring is 1. The minimum atomic E-state index is 0.226. The molecule has 0 fully saturated rings. The third kappa shape index (κ3) is 2.94. The highest BCUT2D eigenvalue weighted by Crippen LogP contribution is 2.34. The zero-order valence-corrected chi connectivity index (χ0v) is 10.7. The normalized spacial score (nSPS) is 10.3. The molecule has 2 rings (SSSR count). The third-order valence-corrected chi connectivity index (χ3v) is 2.73. The average Bonchev–Trinajstić information content (AvgIpc) is 2.27. The summed E-state index contributed by atoms with van der Waals surface area (Å²) in [5, 5.41) is 1.16. The van der Waals surface area contributed by atoms with E-state index in [1.54, 1.807) is 18.2 Å². The number of anilines is 1. The number of hydrogen-bond donors (Lipinski definition) is 1. The third-order valence-electron chi connectivity index (χ3n) is 1.94. The van der Waals surface area contributed by atoms with Crippen molar-refractivity contribution < 1.29 is 4.74 Å². The zero-order valence-electron chi connectivity index (χ0n) is 8.45. The molecule has 0 aliphatic rings. The molecule has 0 aliphatic heterocycles. The van der Waals surface area contributed by atoms with Crippen molar-refractivity contribution in [3.8, 4) is 11.6 Å². The minimum Gasteiger partial charge on any atom is -0.436 e. The molecule has 2 aromatic rings. The largest absolute Gasteiger partial charge is 0.436 e. The molecule has 0 bridgehead atoms. The molecule has 17 heavy (non-hydrogen) atoms. The minimum absolute atomic E-state index is 0.226. The highest BCUT2D eigenvalue weighted by atomic mass is 35.5. The van der Waals surface area contributed by atoms with Crippen LogP contribution >= 0.6 is 34.8 Å². The fraction of sp³-hybridized carbons (Fsp3) is 0. The van der Waals surface area contributed by atoms with Gasteiger partial charge in [0.1, 0.15) is 10.8 Å². The SMILES string of the molecule is Nc1ccc(Cl)c(Oc2ncc(Cl)cc2Cl)c1. The summed E-state index contributed by atoms with van der Waals surface area (Å²) in [7, 11) is 0. The lowest BCUT2D eigenvalue weighted by Gasteiger charge is -2.08. The van der Waals surface area contributed by atoms with Crippen molar-refractivity contribution in [2.75, 3.05) is 5.73 Å². The number of rotatable bonds is 2. The highest BCUT2D eigenvalue weighted by Gasteiger charge is 2.08. The highest BCUT2D eigenvalue weighted by molar-refractivity contribution is 6.35. The Hall–Kier alpha value is -1.16. The van der Waals surface area contributed by atoms with Gasteiger partial charge in [-0.05, 0) is 18.2 Å². The second-order valence-electron chi connectivity index (χ2n) is 3.23. The first-order chi connectivity index (χ1) is 8.06. The van der Waals surface area contributed by atoms with Gasteiger partial charge in [0.2, 0.25) is 5.88 Å². The van der Waals surface area contributed by atoms with Crippen molar-refractivity contribution >= 4 is 40.5 Å². The summed E-state index contributed by atoms with van der Waals surface area (Å²) >= 11 is 17.6. The van der Waals surface area contributed by atoms with Crippen molar-refractivity contribution in [3.05, 3.63) is 45.5 Å². The van der Waals surface area contributed by atoms with E-state index >= 15 is 0 Å². The number of ether oxygens (including phenoxy) is 1. The molecule has 0 radical (unpaired) electrons. The van der Waals surface area contributed by atoms with Gasteiger partial charge < -0.3 is 10.5 Å². The van der Waals surface area contributed by atoms with Gasteiger partial charge in [0.25, 0.3) is 0 Å². The molecule has 0 spiro atoms. The number of pyridine rings is 1. The summed E-state index contributed by atoms with van der Waals surface area (Å²) in [6, 6.07) is 6.43. The van der Waals surface area contributed by atoms with Gasteiger partial charge >= 0.3 is 0 Å². The van der Waals surface area contributed by atoms with Crippen LogP contribution < -0.4 is 10.5 Å². The van der Waals surface area contributed by atoms with E-state index in [2.05, 4.69) is 4.98 Å². The van der Waals surface area contributed by atoms with Crippen LogP contribution in [0.15, 0.2) is 30.5 Å². The Balaban J connectivity index is 2.34. The molecule has 0 saturated heterocycles. The Labute approximate surface area is 113 Å². The average molecular weight is 290 g/mol. The molecule has 0 atom stereocenters. The van der Waals surface area contributed by atoms with E-state index in [1.807, 2.05) is 0 Å². The molecule has 1 heterocycles. The molecule has 0 unspecified atom stereocenters. The first-order valence-corrected chi connectivity index (χ1v) is 5.73. The van der Waals surface area contributed by atoms with Crippen molar-refractivity contribution in [2.45, 2.75) is 0 Å². The van der Waals surface area contributed by atoms with E-state index < -0.39 is 0 Å². The van der Waals surface area contributed by atoms with Gasteiger partial charge in [-0.3, -0.25) is 0 Å². The van der Waals surface area contributed by atoms with Gasteiger partial charge in [-0.1, -0.05) is 34.8 Å². The first kappa shape index (κ1) is 12.3. The smallest absolute Gasteiger partial charge is 0.238 e. The monoisotopic (exact) mass is 288 g/mol. The van der Waals surface area contributed by atoms with Gasteiger partial charge in [-0.25, -0.2) is 4.98 Å². The summed E-state index contributed by atoms with van der Waals surface area (Å²) in [4.78, 5) is 3.96. The fourth-order valence-corrected chi connectivity index (χ4v) is 1.75. The van der Waals surface area contributed by atoms with E-state index in [1.165, 1.54) is 12.3 Å². The van der Waals surface area contributed by atoms with Crippen molar-refractivity contribution in [3.63, 3.8) is 0 Å². The number of nitrogens with zero attached hydrogens (tertiary/aromatic N) is 1. The molecule has 0 saturated carbocycles. The maximum absolute atomic E-state index is 5.95. The van der Waals surface area contributed by atoms with Crippen LogP contribution in [0.4, 0.5) is 5.69 Å². The van der Waals surface area contributed by atoms with Crippen molar-refractivity contribution in [2.24, 2.45) is 0 Å². The number of nitrogens with two attached hydrogens (primary N) is 1. The Bertz CT molecular complexity index is 560. The predicted molar refractivity (Wildman–Crippen MR) is 70.2 cm³/mol. The molecular formula is C11H7Cl3N2O. The molecule has 88 valence electrons. The lowest BCUT2D eigenvalue weighted by Crippen LogP contribution is -1.91. The fourth-order valence-electron chi connectivity index (χ4n) is 1.18. The van der Waals surface area contributed by atoms with Crippen LogP contribution in [-0.4, -0.2) is 4.98 Å². The quantitative estimate of drug-likeness (QED) is 0.833. The van der Waals surface area contributed by atoms with E-state index in [0.717, 1.165) is 0 Å². The summed E-state index contributed by atoms with van der Waals surface area (Å²) in [6.07, 6.45) is 1.43. The molecule has 1 aromatic heterocycles. The Morgan fingerprint density at radius 1 is 1.06 bits per heavy atom. The van der Waals surface area contributed by atoms with E-state index in [0.29, 0.717) is 26.5 Å². The van der Waals surface area contributed by atoms with E-state index in [4.69, 9.17) is 45.3 Å². The molecule has 6 heteroatoms. The maximum Gasteiger partial charge on any atom is 0.238 e. The van der Waals surface area contributed by atoms with Crippen LogP contribution in [0, 0.1) is 0 Å². The van der Waals surface area contributed by atoms with Crippen LogP contribution in [0.3, 0.4) is 0 Å². The molecule has 3 nitrogen and oxygen atoms in total. The number of hydrogen-bond acceptors (Lipinski definition) is 3. The standard InChI is InChI=1S/C11H7Cl3N2O/c12-6-3-9(14)11(16-5-6)17-10-4-7(15)1-2-8(10)13/h1-5H,15H2. The van der Waals surface area contributed by atoms with Crippen molar-refractivity contribution in [1.29, 1.82) is 0 Å². The van der Waals surface area contributed by atoms with Crippen molar-refractivity contribution in [1.82, 2.24) is 4.98 Å². The summed E-state index contributed by atoms with van der Waals surface area (Å²) in [6.45, 7) is 0. The topological polar surface area (TPSA) is 48.1 Å².